The number of phosphoric ester groups is 2. The highest BCUT2D eigenvalue weighted by atomic mass is 31.2. The molecule has 0 spiro atoms. The molecule has 5 N–H and O–H groups in total. The average molecular weight is 1030 g/mol. The maximum atomic E-state index is 12.2. The van der Waals surface area contributed by atoms with E-state index in [2.05, 4.69) is 86.6 Å². The largest absolute Gasteiger partial charge is 0.472 e. The Morgan fingerprint density at radius 2 is 0.714 bits per heavy atom. The van der Waals surface area contributed by atoms with Crippen LogP contribution in [-0.4, -0.2) is 95.0 Å². The van der Waals surface area contributed by atoms with Crippen molar-refractivity contribution in [2.75, 3.05) is 39.6 Å². The lowest BCUT2D eigenvalue weighted by Crippen LogP contribution is -2.25. The number of aliphatic hydroxyl groups excluding tert-OH is 3. The summed E-state index contributed by atoms with van der Waals surface area (Å²) in [5.41, 5.74) is 0. The van der Waals surface area contributed by atoms with Crippen LogP contribution in [0.3, 0.4) is 0 Å². The van der Waals surface area contributed by atoms with Gasteiger partial charge >= 0.3 is 27.6 Å². The van der Waals surface area contributed by atoms with Crippen molar-refractivity contribution in [1.29, 1.82) is 0 Å². The molecule has 0 aliphatic carbocycles. The van der Waals surface area contributed by atoms with Gasteiger partial charge in [-0.15, -0.1) is 0 Å². The van der Waals surface area contributed by atoms with E-state index in [1.165, 1.54) is 25.7 Å². The molecule has 15 nitrogen and oxygen atoms in total. The fraction of sp³-hybridized carbons (Fsp3) is 0.585. The summed E-state index contributed by atoms with van der Waals surface area (Å²) in [6.45, 7) is 0.135. The van der Waals surface area contributed by atoms with Crippen LogP contribution in [0.1, 0.15) is 142 Å². The van der Waals surface area contributed by atoms with Gasteiger partial charge in [0.05, 0.1) is 26.4 Å². The molecule has 5 atom stereocenters. The fourth-order valence-corrected chi connectivity index (χ4v) is 7.29. The average Bonchev–Trinajstić information content (AvgIpc) is 3.34. The number of hydrogen-bond donors (Lipinski definition) is 5. The summed E-state index contributed by atoms with van der Waals surface area (Å²) in [5.74, 6) is -1.06. The van der Waals surface area contributed by atoms with Crippen LogP contribution in [0.2, 0.25) is 0 Å². The molecule has 0 amide bonds. The van der Waals surface area contributed by atoms with Gasteiger partial charge in [-0.25, -0.2) is 9.13 Å². The van der Waals surface area contributed by atoms with E-state index in [1.807, 2.05) is 66.8 Å². The van der Waals surface area contributed by atoms with Gasteiger partial charge in [-0.05, 0) is 77.0 Å². The van der Waals surface area contributed by atoms with Crippen LogP contribution in [0.5, 0.6) is 0 Å². The van der Waals surface area contributed by atoms with Crippen LogP contribution in [0.25, 0.3) is 0 Å². The van der Waals surface area contributed by atoms with Crippen molar-refractivity contribution in [3.05, 3.63) is 122 Å². The first kappa shape index (κ1) is 66.4. The molecule has 0 aromatic carbocycles. The summed E-state index contributed by atoms with van der Waals surface area (Å²) in [4.78, 5) is 43.8. The van der Waals surface area contributed by atoms with Crippen LogP contribution in [0, 0.1) is 0 Å². The zero-order valence-electron chi connectivity index (χ0n) is 41.9. The number of rotatable bonds is 46. The molecule has 0 radical (unpaired) electrons. The molecule has 0 fully saturated rings. The molecule has 70 heavy (non-hydrogen) atoms. The van der Waals surface area contributed by atoms with E-state index in [0.717, 1.165) is 77.0 Å². The highest BCUT2D eigenvalue weighted by Gasteiger charge is 2.28. The van der Waals surface area contributed by atoms with E-state index in [9.17, 15) is 43.8 Å². The van der Waals surface area contributed by atoms with Gasteiger partial charge in [0, 0.05) is 12.8 Å². The third kappa shape index (κ3) is 49.4. The molecule has 398 valence electrons. The molecule has 0 bridgehead atoms. The second-order valence-corrected chi connectivity index (χ2v) is 19.2. The normalized spacial score (nSPS) is 15.9. The molecule has 0 rings (SSSR count). The van der Waals surface area contributed by atoms with Gasteiger partial charge in [-0.1, -0.05) is 174 Å². The Labute approximate surface area is 419 Å². The number of carbonyl (C=O) groups is 2. The van der Waals surface area contributed by atoms with Crippen molar-refractivity contribution in [1.82, 2.24) is 0 Å². The highest BCUT2D eigenvalue weighted by molar-refractivity contribution is 7.47. The van der Waals surface area contributed by atoms with Crippen LogP contribution in [0.15, 0.2) is 122 Å². The molecule has 5 unspecified atom stereocenters. The number of unbranched alkanes of at least 4 members (excludes halogenated alkanes) is 11. The second kappa shape index (κ2) is 47.7. The minimum Gasteiger partial charge on any atom is -0.463 e. The predicted octanol–water partition coefficient (Wildman–Crippen LogP) is 11.8. The van der Waals surface area contributed by atoms with Gasteiger partial charge in [0.1, 0.15) is 31.5 Å². The van der Waals surface area contributed by atoms with Crippen molar-refractivity contribution in [2.24, 2.45) is 0 Å². The van der Waals surface area contributed by atoms with Crippen LogP contribution < -0.4 is 0 Å². The summed E-state index contributed by atoms with van der Waals surface area (Å²) < 4.78 is 53.0. The number of hydrogen-bond acceptors (Lipinski definition) is 13. The van der Waals surface area contributed by atoms with Gasteiger partial charge in [-0.2, -0.15) is 0 Å². The number of esters is 2. The SMILES string of the molecule is CC\C=C/C=C/C=C/C=C\C=C\C=C\CCCCCC(=O)OCC(O)COP(=O)(O)OCC(O)COP(=O)(O)OCC(O)COC(=O)CCCCCCC/C=C\C/C=C\C/C=C\C/C=C\CCCCC. The molecule has 0 aliphatic heterocycles. The lowest BCUT2D eigenvalue weighted by Gasteiger charge is -2.19. The third-order valence-electron chi connectivity index (χ3n) is 9.56. The molecule has 0 heterocycles. The molecule has 0 aromatic rings. The van der Waals surface area contributed by atoms with Gasteiger partial charge in [0.15, 0.2) is 0 Å². The molecular weight excluding hydrogens is 939 g/mol. The van der Waals surface area contributed by atoms with Crippen molar-refractivity contribution in [3.63, 3.8) is 0 Å². The maximum Gasteiger partial charge on any atom is 0.472 e. The van der Waals surface area contributed by atoms with Crippen LogP contribution in [0.4, 0.5) is 0 Å². The first-order valence-corrected chi connectivity index (χ1v) is 28.0. The van der Waals surface area contributed by atoms with Crippen molar-refractivity contribution in [3.8, 4) is 0 Å². The zero-order valence-corrected chi connectivity index (χ0v) is 43.7. The van der Waals surface area contributed by atoms with Gasteiger partial charge in [0.2, 0.25) is 0 Å². The predicted molar refractivity (Wildman–Crippen MR) is 278 cm³/mol. The number of carbonyl (C=O) groups excluding carboxylic acids is 2. The van der Waals surface area contributed by atoms with Gasteiger partial charge in [-0.3, -0.25) is 27.7 Å². The van der Waals surface area contributed by atoms with E-state index in [-0.39, 0.29) is 12.8 Å². The molecule has 0 saturated carbocycles. The van der Waals surface area contributed by atoms with E-state index in [4.69, 9.17) is 9.47 Å². The monoisotopic (exact) mass is 1020 g/mol. The molecule has 0 saturated heterocycles. The van der Waals surface area contributed by atoms with Gasteiger partial charge < -0.3 is 34.6 Å². The number of allylic oxidation sites excluding steroid dienone is 20. The van der Waals surface area contributed by atoms with Crippen molar-refractivity contribution >= 4 is 27.6 Å². The Morgan fingerprint density at radius 1 is 0.400 bits per heavy atom. The standard InChI is InChI=1S/C53H86O15P2/c1-3-5-7-9-11-13-15-17-19-21-22-23-24-26-28-30-32-34-36-38-40-42-53(58)64-44-50(55)46-66-70(61,62)68-48-51(56)47-67-69(59,60)65-45-49(54)43-63-52(57)41-39-37-35-33-31-29-27-25-20-18-16-14-12-10-8-6-4-2/h6,8,10-14,16-20,22-23,25-29,31,49-51,54-56H,3-5,7,9,15,21,24,30,32-48H2,1-2H3,(H,59,60)(H,61,62)/b8-6-,12-10+,13-11-,16-14+,19-17-,20-18-,23-22-,27-25+,28-26-,31-29+. The van der Waals surface area contributed by atoms with Crippen molar-refractivity contribution < 1.29 is 71.4 Å². The third-order valence-corrected chi connectivity index (χ3v) is 11.5. The van der Waals surface area contributed by atoms with Crippen molar-refractivity contribution in [2.45, 2.75) is 161 Å². The minimum atomic E-state index is -4.81. The molecule has 0 aromatic heterocycles. The Hall–Kier alpha value is -3.56. The Balaban J connectivity index is 3.97. The quantitative estimate of drug-likeness (QED) is 0.0126. The maximum absolute atomic E-state index is 12.2. The number of ether oxygens (including phenoxy) is 2. The molecular formula is C53H86O15P2. The summed E-state index contributed by atoms with van der Waals surface area (Å²) >= 11 is 0. The molecule has 17 heteroatoms. The van der Waals surface area contributed by atoms with Crippen LogP contribution in [-0.2, 0) is 46.3 Å². The van der Waals surface area contributed by atoms with E-state index in [1.54, 1.807) is 0 Å². The summed E-state index contributed by atoms with van der Waals surface area (Å²) in [6.07, 6.45) is 54.6. The van der Waals surface area contributed by atoms with E-state index < -0.39 is 85.5 Å². The first-order valence-electron chi connectivity index (χ1n) is 25.0. The lowest BCUT2D eigenvalue weighted by molar-refractivity contribution is -0.148. The van der Waals surface area contributed by atoms with E-state index in [0.29, 0.717) is 12.8 Å². The molecule has 0 aliphatic rings. The second-order valence-electron chi connectivity index (χ2n) is 16.2. The summed E-state index contributed by atoms with van der Waals surface area (Å²) in [6, 6.07) is 0. The van der Waals surface area contributed by atoms with Gasteiger partial charge in [0.25, 0.3) is 0 Å². The minimum absolute atomic E-state index is 0.138. The highest BCUT2D eigenvalue weighted by Crippen LogP contribution is 2.45. The number of phosphoric acid groups is 2. The fourth-order valence-electron chi connectivity index (χ4n) is 5.70. The Bertz CT molecular complexity index is 1710. The van der Waals surface area contributed by atoms with E-state index >= 15 is 0 Å². The summed E-state index contributed by atoms with van der Waals surface area (Å²) in [5, 5.41) is 30.1. The topological polar surface area (TPSA) is 225 Å². The Kier molecular flexibility index (Phi) is 45.3. The summed E-state index contributed by atoms with van der Waals surface area (Å²) in [7, 11) is -9.61. The zero-order chi connectivity index (χ0) is 51.7. The van der Waals surface area contributed by atoms with Crippen LogP contribution >= 0.6 is 15.6 Å². The number of aliphatic hydroxyl groups is 3. The smallest absolute Gasteiger partial charge is 0.463 e. The Morgan fingerprint density at radius 3 is 1.13 bits per heavy atom. The first-order chi connectivity index (χ1) is 33.8. The lowest BCUT2D eigenvalue weighted by atomic mass is 10.1.